The Kier molecular flexibility index (Phi) is 3.64. The second-order valence-corrected chi connectivity index (χ2v) is 7.58. The van der Waals surface area contributed by atoms with Crippen LogP contribution in [0, 0.1) is 0 Å². The molecule has 2 aromatic carbocycles. The molecule has 0 bridgehead atoms. The molecular weight excluding hydrogens is 223 g/mol. The lowest BCUT2D eigenvalue weighted by Gasteiger charge is -2.20. The zero-order valence-corrected chi connectivity index (χ0v) is 11.7. The fraction of sp³-hybridized carbons (Fsp3) is 0.250. The van der Waals surface area contributed by atoms with Gasteiger partial charge in [-0.15, -0.1) is 0 Å². The van der Waals surface area contributed by atoms with E-state index in [1.54, 1.807) is 0 Å². The van der Waals surface area contributed by atoms with Crippen molar-refractivity contribution in [1.82, 2.24) is 0 Å². The van der Waals surface area contributed by atoms with Crippen LogP contribution >= 0.6 is 8.58 Å². The predicted octanol–water partition coefficient (Wildman–Crippen LogP) is 4.46. The van der Waals surface area contributed by atoms with Gasteiger partial charge in [0.2, 0.25) is 0 Å². The summed E-state index contributed by atoms with van der Waals surface area (Å²) in [6, 6.07) is 19.4. The topological polar surface area (TPSA) is 0 Å². The van der Waals surface area contributed by atoms with Gasteiger partial charge >= 0.3 is 0 Å². The zero-order chi connectivity index (χ0) is 12.3. The molecule has 0 radical (unpaired) electrons. The molecule has 0 fully saturated rings. The van der Waals surface area contributed by atoms with Crippen LogP contribution in [-0.2, 0) is 0 Å². The van der Waals surface area contributed by atoms with Crippen LogP contribution in [-0.4, -0.2) is 5.16 Å². The Hall–Kier alpha value is -1.13. The van der Waals surface area contributed by atoms with E-state index >= 15 is 0 Å². The van der Waals surface area contributed by atoms with Gasteiger partial charge < -0.3 is 0 Å². The van der Waals surface area contributed by atoms with Gasteiger partial charge in [0, 0.05) is 0 Å². The second-order valence-electron chi connectivity index (χ2n) is 5.29. The summed E-state index contributed by atoms with van der Waals surface area (Å²) in [5, 5.41) is 1.82. The van der Waals surface area contributed by atoms with E-state index < -0.39 is 0 Å². The second kappa shape index (κ2) is 5.02. The summed E-state index contributed by atoms with van der Waals surface area (Å²) in [6.45, 7) is 6.90. The van der Waals surface area contributed by atoms with E-state index in [2.05, 4.69) is 75.4 Å². The van der Waals surface area contributed by atoms with E-state index in [-0.39, 0.29) is 0 Å². The molecular formula is C16H19P. The molecule has 0 saturated heterocycles. The van der Waals surface area contributed by atoms with E-state index in [1.165, 1.54) is 16.4 Å². The summed E-state index contributed by atoms with van der Waals surface area (Å²) in [6.07, 6.45) is 0. The first-order chi connectivity index (χ1) is 8.06. The Morgan fingerprint density at radius 1 is 0.765 bits per heavy atom. The summed E-state index contributed by atoms with van der Waals surface area (Å²) in [5.41, 5.74) is 2.70. The maximum absolute atomic E-state index is 2.30. The number of hydrogen-bond donors (Lipinski definition) is 0. The van der Waals surface area contributed by atoms with Crippen molar-refractivity contribution < 1.29 is 0 Å². The summed E-state index contributed by atoms with van der Waals surface area (Å²) in [4.78, 5) is 0. The highest BCUT2D eigenvalue weighted by Crippen LogP contribution is 2.33. The molecule has 17 heavy (non-hydrogen) atoms. The molecule has 0 heterocycles. The SMILES string of the molecule is CC(C)(C)Pc1ccccc1-c1ccccc1. The van der Waals surface area contributed by atoms with E-state index in [0.29, 0.717) is 5.16 Å². The molecule has 0 spiro atoms. The first-order valence-electron chi connectivity index (χ1n) is 5.99. The molecule has 1 atom stereocenters. The van der Waals surface area contributed by atoms with Crippen LogP contribution in [0.25, 0.3) is 11.1 Å². The van der Waals surface area contributed by atoms with Gasteiger partial charge in [-0.3, -0.25) is 0 Å². The molecule has 2 aromatic rings. The lowest BCUT2D eigenvalue weighted by molar-refractivity contribution is 0.799. The highest BCUT2D eigenvalue weighted by atomic mass is 31.1. The highest BCUT2D eigenvalue weighted by Gasteiger charge is 2.13. The Bertz CT molecular complexity index is 480. The molecule has 0 amide bonds. The predicted molar refractivity (Wildman–Crippen MR) is 79.6 cm³/mol. The van der Waals surface area contributed by atoms with Gasteiger partial charge in [0.1, 0.15) is 0 Å². The van der Waals surface area contributed by atoms with Gasteiger partial charge in [-0.1, -0.05) is 83.9 Å². The summed E-state index contributed by atoms with van der Waals surface area (Å²) < 4.78 is 0. The molecule has 0 aromatic heterocycles. The quantitative estimate of drug-likeness (QED) is 0.682. The summed E-state index contributed by atoms with van der Waals surface area (Å²) >= 11 is 0. The normalized spacial score (nSPS) is 12.2. The van der Waals surface area contributed by atoms with Crippen LogP contribution in [0.3, 0.4) is 0 Å². The van der Waals surface area contributed by atoms with Crippen molar-refractivity contribution in [2.45, 2.75) is 25.9 Å². The Balaban J connectivity index is 2.41. The monoisotopic (exact) mass is 242 g/mol. The van der Waals surface area contributed by atoms with Gasteiger partial charge in [0.15, 0.2) is 0 Å². The fourth-order valence-corrected chi connectivity index (χ4v) is 3.22. The van der Waals surface area contributed by atoms with Crippen molar-refractivity contribution in [3.63, 3.8) is 0 Å². The number of rotatable bonds is 2. The molecule has 2 rings (SSSR count). The maximum atomic E-state index is 2.30. The first kappa shape index (κ1) is 12.3. The number of hydrogen-bond acceptors (Lipinski definition) is 0. The Labute approximate surface area is 106 Å². The average Bonchev–Trinajstić information content (AvgIpc) is 2.29. The fourth-order valence-electron chi connectivity index (χ4n) is 1.87. The minimum Gasteiger partial charge on any atom is -0.0842 e. The van der Waals surface area contributed by atoms with Gasteiger partial charge in [-0.05, 0) is 21.6 Å². The lowest BCUT2D eigenvalue weighted by atomic mass is 10.1. The van der Waals surface area contributed by atoms with Crippen LogP contribution < -0.4 is 5.30 Å². The molecule has 1 unspecified atom stereocenters. The third-order valence-electron chi connectivity index (χ3n) is 2.52. The van der Waals surface area contributed by atoms with Crippen molar-refractivity contribution in [2.24, 2.45) is 0 Å². The van der Waals surface area contributed by atoms with E-state index in [9.17, 15) is 0 Å². The molecule has 0 nitrogen and oxygen atoms in total. The van der Waals surface area contributed by atoms with Crippen molar-refractivity contribution in [2.75, 3.05) is 0 Å². The zero-order valence-electron chi connectivity index (χ0n) is 10.7. The molecule has 0 aliphatic heterocycles. The summed E-state index contributed by atoms with van der Waals surface area (Å²) in [5.74, 6) is 0. The third kappa shape index (κ3) is 3.41. The standard InChI is InChI=1S/C16H19P/c1-16(2,3)17-15-12-8-7-11-14(15)13-9-5-4-6-10-13/h4-12,17H,1-3H3. The minimum absolute atomic E-state index is 0.352. The van der Waals surface area contributed by atoms with Crippen LogP contribution in [0.1, 0.15) is 20.8 Å². The highest BCUT2D eigenvalue weighted by molar-refractivity contribution is 7.49. The van der Waals surface area contributed by atoms with Crippen LogP contribution in [0.15, 0.2) is 54.6 Å². The molecule has 0 aliphatic carbocycles. The smallest absolute Gasteiger partial charge is 0.0109 e. The van der Waals surface area contributed by atoms with Crippen LogP contribution in [0.5, 0.6) is 0 Å². The molecule has 1 heteroatoms. The number of benzene rings is 2. The third-order valence-corrected chi connectivity index (χ3v) is 3.98. The lowest BCUT2D eigenvalue weighted by Crippen LogP contribution is -2.12. The van der Waals surface area contributed by atoms with Gasteiger partial charge in [0.05, 0.1) is 0 Å². The Morgan fingerprint density at radius 2 is 1.35 bits per heavy atom. The molecule has 88 valence electrons. The Morgan fingerprint density at radius 3 is 2.00 bits per heavy atom. The van der Waals surface area contributed by atoms with Crippen LogP contribution in [0.4, 0.5) is 0 Å². The summed E-state index contributed by atoms with van der Waals surface area (Å²) in [7, 11) is 0.838. The molecule has 0 N–H and O–H groups in total. The van der Waals surface area contributed by atoms with Crippen molar-refractivity contribution >= 4 is 13.9 Å². The molecule has 0 aliphatic rings. The average molecular weight is 242 g/mol. The minimum atomic E-state index is 0.352. The molecule has 0 saturated carbocycles. The van der Waals surface area contributed by atoms with E-state index in [1.807, 2.05) is 0 Å². The largest absolute Gasteiger partial charge is 0.0842 e. The van der Waals surface area contributed by atoms with Gasteiger partial charge in [0.25, 0.3) is 0 Å². The van der Waals surface area contributed by atoms with Gasteiger partial charge in [-0.2, -0.15) is 0 Å². The maximum Gasteiger partial charge on any atom is -0.0109 e. The van der Waals surface area contributed by atoms with E-state index in [4.69, 9.17) is 0 Å². The first-order valence-corrected chi connectivity index (χ1v) is 6.99. The van der Waals surface area contributed by atoms with E-state index in [0.717, 1.165) is 8.58 Å². The van der Waals surface area contributed by atoms with Crippen LogP contribution in [0.2, 0.25) is 0 Å². The van der Waals surface area contributed by atoms with Crippen molar-refractivity contribution in [3.8, 4) is 11.1 Å². The van der Waals surface area contributed by atoms with Crippen molar-refractivity contribution in [3.05, 3.63) is 54.6 Å². The van der Waals surface area contributed by atoms with Crippen molar-refractivity contribution in [1.29, 1.82) is 0 Å². The van der Waals surface area contributed by atoms with Gasteiger partial charge in [-0.25, -0.2) is 0 Å².